The summed E-state index contributed by atoms with van der Waals surface area (Å²) in [7, 11) is 0. The standard InChI is InChI=1S/C28H26F3NO5/c1-19-11-9-10-16-23(19)25(33)24(20(2)36-17-21-12-5-3-6-13-21)32(26(34)28(29,30)31)27(35)37-18-22-14-7-4-8-15-22/h3-16,20,24H,17-18H2,1-2H3/t20?,24-/m0/s1. The van der Waals surface area contributed by atoms with E-state index >= 15 is 0 Å². The third kappa shape index (κ3) is 7.27. The molecular weight excluding hydrogens is 487 g/mol. The van der Waals surface area contributed by atoms with Crippen molar-refractivity contribution in [1.82, 2.24) is 4.90 Å². The van der Waals surface area contributed by atoms with Crippen LogP contribution in [0.25, 0.3) is 0 Å². The number of alkyl halides is 3. The van der Waals surface area contributed by atoms with Gasteiger partial charge in [-0.05, 0) is 30.5 Å². The van der Waals surface area contributed by atoms with Crippen LogP contribution >= 0.6 is 0 Å². The second-order valence-electron chi connectivity index (χ2n) is 8.34. The molecule has 9 heteroatoms. The summed E-state index contributed by atoms with van der Waals surface area (Å²) in [5.41, 5.74) is 1.70. The van der Waals surface area contributed by atoms with E-state index in [0.717, 1.165) is 0 Å². The van der Waals surface area contributed by atoms with Crippen LogP contribution < -0.4 is 0 Å². The van der Waals surface area contributed by atoms with Crippen LogP contribution in [0.1, 0.15) is 34.0 Å². The minimum Gasteiger partial charge on any atom is -0.444 e. The first-order valence-electron chi connectivity index (χ1n) is 11.5. The van der Waals surface area contributed by atoms with Crippen molar-refractivity contribution in [3.63, 3.8) is 0 Å². The van der Waals surface area contributed by atoms with Crippen LogP contribution in [0, 0.1) is 6.92 Å². The number of aryl methyl sites for hydroxylation is 1. The van der Waals surface area contributed by atoms with Crippen molar-refractivity contribution >= 4 is 17.8 Å². The molecular formula is C28H26F3NO5. The number of halogens is 3. The second-order valence-corrected chi connectivity index (χ2v) is 8.34. The van der Waals surface area contributed by atoms with Gasteiger partial charge in [0.2, 0.25) is 0 Å². The van der Waals surface area contributed by atoms with Gasteiger partial charge in [0, 0.05) is 5.56 Å². The Labute approximate surface area is 212 Å². The zero-order valence-corrected chi connectivity index (χ0v) is 20.3. The average Bonchev–Trinajstić information content (AvgIpc) is 2.89. The number of benzene rings is 3. The van der Waals surface area contributed by atoms with Crippen molar-refractivity contribution in [3.8, 4) is 0 Å². The fourth-order valence-corrected chi connectivity index (χ4v) is 3.69. The lowest BCUT2D eigenvalue weighted by atomic mass is 9.95. The monoisotopic (exact) mass is 513 g/mol. The molecule has 2 atom stereocenters. The first-order valence-corrected chi connectivity index (χ1v) is 11.5. The highest BCUT2D eigenvalue weighted by atomic mass is 19.4. The van der Waals surface area contributed by atoms with E-state index in [2.05, 4.69) is 0 Å². The Morgan fingerprint density at radius 1 is 0.811 bits per heavy atom. The average molecular weight is 514 g/mol. The molecule has 0 aliphatic heterocycles. The SMILES string of the molecule is Cc1ccccc1C(=O)[C@H](C(C)OCc1ccccc1)N(C(=O)OCc1ccccc1)C(=O)C(F)(F)F. The number of ether oxygens (including phenoxy) is 2. The molecule has 1 unspecified atom stereocenters. The largest absolute Gasteiger partial charge is 0.471 e. The summed E-state index contributed by atoms with van der Waals surface area (Å²) in [4.78, 5) is 39.0. The van der Waals surface area contributed by atoms with Crippen molar-refractivity contribution in [3.05, 3.63) is 107 Å². The Morgan fingerprint density at radius 2 is 1.32 bits per heavy atom. The maximum absolute atomic E-state index is 13.7. The molecule has 194 valence electrons. The Hall–Kier alpha value is -3.98. The lowest BCUT2D eigenvalue weighted by Crippen LogP contribution is -2.57. The highest BCUT2D eigenvalue weighted by Crippen LogP contribution is 2.26. The van der Waals surface area contributed by atoms with Crippen LogP contribution in [0.3, 0.4) is 0 Å². The molecule has 37 heavy (non-hydrogen) atoms. The van der Waals surface area contributed by atoms with Crippen molar-refractivity contribution in [1.29, 1.82) is 0 Å². The van der Waals surface area contributed by atoms with E-state index in [4.69, 9.17) is 9.47 Å². The number of hydrogen-bond donors (Lipinski definition) is 0. The Bertz CT molecular complexity index is 1220. The van der Waals surface area contributed by atoms with Gasteiger partial charge in [-0.3, -0.25) is 9.59 Å². The zero-order chi connectivity index (χ0) is 27.0. The molecule has 2 amide bonds. The van der Waals surface area contributed by atoms with Crippen LogP contribution in [0.4, 0.5) is 18.0 Å². The predicted octanol–water partition coefficient (Wildman–Crippen LogP) is 5.88. The summed E-state index contributed by atoms with van der Waals surface area (Å²) >= 11 is 0. The molecule has 0 bridgehead atoms. The van der Waals surface area contributed by atoms with E-state index < -0.39 is 42.7 Å². The van der Waals surface area contributed by atoms with Gasteiger partial charge in [-0.15, -0.1) is 0 Å². The quantitative estimate of drug-likeness (QED) is 0.334. The number of carbonyl (C=O) groups excluding carboxylic acids is 3. The minimum absolute atomic E-state index is 0.0542. The highest BCUT2D eigenvalue weighted by Gasteiger charge is 2.51. The Balaban J connectivity index is 1.99. The molecule has 0 radical (unpaired) electrons. The maximum atomic E-state index is 13.7. The number of hydrogen-bond acceptors (Lipinski definition) is 5. The normalized spacial score (nSPS) is 12.9. The van der Waals surface area contributed by atoms with E-state index in [1.807, 2.05) is 0 Å². The first kappa shape index (κ1) is 27.6. The van der Waals surface area contributed by atoms with E-state index in [1.165, 1.54) is 19.1 Å². The van der Waals surface area contributed by atoms with Gasteiger partial charge in [0.25, 0.3) is 0 Å². The molecule has 0 aliphatic carbocycles. The highest BCUT2D eigenvalue weighted by molar-refractivity contribution is 6.07. The van der Waals surface area contributed by atoms with E-state index in [9.17, 15) is 27.6 Å². The van der Waals surface area contributed by atoms with E-state index in [1.54, 1.807) is 79.7 Å². The lowest BCUT2D eigenvalue weighted by molar-refractivity contribution is -0.186. The van der Waals surface area contributed by atoms with Crippen LogP contribution in [0.15, 0.2) is 84.9 Å². The second kappa shape index (κ2) is 12.3. The summed E-state index contributed by atoms with van der Waals surface area (Å²) in [6, 6.07) is 21.3. The Kier molecular flexibility index (Phi) is 9.19. The van der Waals surface area contributed by atoms with Crippen LogP contribution in [-0.4, -0.2) is 41.0 Å². The van der Waals surface area contributed by atoms with Gasteiger partial charge in [-0.2, -0.15) is 13.2 Å². The number of amides is 2. The molecule has 3 aromatic rings. The molecule has 0 spiro atoms. The van der Waals surface area contributed by atoms with Crippen LogP contribution in [0.2, 0.25) is 0 Å². The zero-order valence-electron chi connectivity index (χ0n) is 20.3. The molecule has 6 nitrogen and oxygen atoms in total. The smallest absolute Gasteiger partial charge is 0.444 e. The number of Topliss-reactive ketones (excluding diaryl/α,β-unsaturated/α-hetero) is 1. The maximum Gasteiger partial charge on any atom is 0.471 e. The van der Waals surface area contributed by atoms with Gasteiger partial charge < -0.3 is 9.47 Å². The van der Waals surface area contributed by atoms with Crippen molar-refractivity contribution in [2.24, 2.45) is 0 Å². The number of nitrogens with zero attached hydrogens (tertiary/aromatic N) is 1. The van der Waals surface area contributed by atoms with Gasteiger partial charge in [0.1, 0.15) is 12.6 Å². The van der Waals surface area contributed by atoms with Gasteiger partial charge in [-0.1, -0.05) is 84.9 Å². The molecule has 0 aliphatic rings. The fraction of sp³-hybridized carbons (Fsp3) is 0.250. The van der Waals surface area contributed by atoms with Crippen molar-refractivity contribution < 1.29 is 37.0 Å². The van der Waals surface area contributed by atoms with Crippen molar-refractivity contribution in [2.75, 3.05) is 0 Å². The van der Waals surface area contributed by atoms with Gasteiger partial charge >= 0.3 is 18.2 Å². The number of carbonyl (C=O) groups is 3. The summed E-state index contributed by atoms with van der Waals surface area (Å²) in [5, 5.41) is 0. The van der Waals surface area contributed by atoms with Crippen LogP contribution in [0.5, 0.6) is 0 Å². The molecule has 3 aromatic carbocycles. The number of ketones is 1. The summed E-state index contributed by atoms with van der Waals surface area (Å²) in [6.07, 6.45) is -8.36. The predicted molar refractivity (Wildman–Crippen MR) is 130 cm³/mol. The third-order valence-corrected chi connectivity index (χ3v) is 5.62. The minimum atomic E-state index is -5.45. The van der Waals surface area contributed by atoms with Crippen LogP contribution in [-0.2, 0) is 27.5 Å². The van der Waals surface area contributed by atoms with Gasteiger partial charge in [-0.25, -0.2) is 9.69 Å². The Morgan fingerprint density at radius 3 is 1.86 bits per heavy atom. The lowest BCUT2D eigenvalue weighted by Gasteiger charge is -2.33. The van der Waals surface area contributed by atoms with Gasteiger partial charge in [0.05, 0.1) is 12.7 Å². The summed E-state index contributed by atoms with van der Waals surface area (Å²) in [6.45, 7) is 2.48. The van der Waals surface area contributed by atoms with Gasteiger partial charge in [0.15, 0.2) is 5.78 Å². The third-order valence-electron chi connectivity index (χ3n) is 5.62. The fourth-order valence-electron chi connectivity index (χ4n) is 3.69. The van der Waals surface area contributed by atoms with E-state index in [0.29, 0.717) is 16.7 Å². The topological polar surface area (TPSA) is 72.9 Å². The summed E-state index contributed by atoms with van der Waals surface area (Å²) < 4.78 is 51.9. The van der Waals surface area contributed by atoms with Crippen molar-refractivity contribution in [2.45, 2.75) is 45.4 Å². The molecule has 0 fully saturated rings. The first-order chi connectivity index (χ1) is 17.6. The molecule has 0 saturated heterocycles. The molecule has 0 saturated carbocycles. The molecule has 3 rings (SSSR count). The number of rotatable bonds is 9. The molecule has 0 N–H and O–H groups in total. The number of imide groups is 1. The molecule has 0 aromatic heterocycles. The molecule has 0 heterocycles. The van der Waals surface area contributed by atoms with E-state index in [-0.39, 0.29) is 17.1 Å². The summed E-state index contributed by atoms with van der Waals surface area (Å²) in [5.74, 6) is -3.40.